The Labute approximate surface area is 97.4 Å². The van der Waals surface area contributed by atoms with Crippen molar-refractivity contribution in [1.29, 1.82) is 0 Å². The number of carbonyl (C=O) groups is 2. The van der Waals surface area contributed by atoms with Gasteiger partial charge in [0.2, 0.25) is 11.8 Å². The summed E-state index contributed by atoms with van der Waals surface area (Å²) in [6.07, 6.45) is 0.859. The fourth-order valence-corrected chi connectivity index (χ4v) is 1.43. The molecule has 16 heavy (non-hydrogen) atoms. The molecule has 0 bridgehead atoms. The Kier molecular flexibility index (Phi) is 6.72. The van der Waals surface area contributed by atoms with Crippen LogP contribution >= 0.6 is 0 Å². The monoisotopic (exact) mass is 229 g/mol. The minimum atomic E-state index is -0.353. The molecule has 0 heterocycles. The minimum absolute atomic E-state index is 0.0255. The number of nitrogens with zero attached hydrogens (tertiary/aromatic N) is 1. The molecule has 0 saturated heterocycles. The van der Waals surface area contributed by atoms with E-state index < -0.39 is 0 Å². The van der Waals surface area contributed by atoms with Crippen LogP contribution in [0.15, 0.2) is 0 Å². The summed E-state index contributed by atoms with van der Waals surface area (Å²) in [5.41, 5.74) is 5.11. The molecule has 0 fully saturated rings. The van der Waals surface area contributed by atoms with Crippen LogP contribution in [0.25, 0.3) is 0 Å². The third-order valence-corrected chi connectivity index (χ3v) is 2.34. The smallest absolute Gasteiger partial charge is 0.220 e. The lowest BCUT2D eigenvalue weighted by Crippen LogP contribution is -2.39. The predicted molar refractivity (Wildman–Crippen MR) is 63.8 cm³/mol. The number of rotatable bonds is 7. The number of nitrogens with one attached hydrogen (secondary N) is 1. The minimum Gasteiger partial charge on any atom is -0.369 e. The first kappa shape index (κ1) is 14.9. The van der Waals surface area contributed by atoms with Gasteiger partial charge in [-0.05, 0) is 27.4 Å². The maximum atomic E-state index is 11.5. The predicted octanol–water partition coefficient (Wildman–Crippen LogP) is -0.0457. The van der Waals surface area contributed by atoms with Gasteiger partial charge in [-0.3, -0.25) is 9.59 Å². The van der Waals surface area contributed by atoms with Crippen molar-refractivity contribution in [2.45, 2.75) is 32.7 Å². The van der Waals surface area contributed by atoms with Gasteiger partial charge in [0.05, 0.1) is 0 Å². The van der Waals surface area contributed by atoms with Crippen molar-refractivity contribution < 1.29 is 9.59 Å². The normalized spacial score (nSPS) is 14.6. The van der Waals surface area contributed by atoms with Gasteiger partial charge in [0, 0.05) is 24.9 Å². The van der Waals surface area contributed by atoms with Gasteiger partial charge in [-0.2, -0.15) is 0 Å². The van der Waals surface area contributed by atoms with Crippen molar-refractivity contribution in [2.75, 3.05) is 20.6 Å². The zero-order chi connectivity index (χ0) is 12.7. The van der Waals surface area contributed by atoms with Crippen molar-refractivity contribution >= 4 is 11.8 Å². The van der Waals surface area contributed by atoms with Crippen LogP contribution < -0.4 is 11.1 Å². The van der Waals surface area contributed by atoms with E-state index >= 15 is 0 Å². The lowest BCUT2D eigenvalue weighted by atomic mass is 10.0. The molecule has 0 aliphatic rings. The molecule has 0 radical (unpaired) electrons. The van der Waals surface area contributed by atoms with Crippen molar-refractivity contribution in [1.82, 2.24) is 10.2 Å². The van der Waals surface area contributed by atoms with E-state index in [0.29, 0.717) is 12.8 Å². The van der Waals surface area contributed by atoms with E-state index in [-0.39, 0.29) is 23.8 Å². The molecule has 0 aliphatic heterocycles. The number of likely N-dealkylation sites (N-methyl/N-ethyl adjacent to an activating group) is 1. The molecule has 2 amide bonds. The van der Waals surface area contributed by atoms with Gasteiger partial charge in [-0.25, -0.2) is 0 Å². The van der Waals surface area contributed by atoms with Crippen molar-refractivity contribution in [3.05, 3.63) is 0 Å². The Morgan fingerprint density at radius 1 is 1.31 bits per heavy atom. The fourth-order valence-electron chi connectivity index (χ4n) is 1.43. The number of amides is 2. The summed E-state index contributed by atoms with van der Waals surface area (Å²) in [4.78, 5) is 24.3. The van der Waals surface area contributed by atoms with Crippen molar-refractivity contribution in [2.24, 2.45) is 11.7 Å². The second kappa shape index (κ2) is 7.22. The highest BCUT2D eigenvalue weighted by Gasteiger charge is 2.12. The summed E-state index contributed by atoms with van der Waals surface area (Å²) in [6, 6.07) is 0.117. The molecule has 94 valence electrons. The van der Waals surface area contributed by atoms with E-state index in [4.69, 9.17) is 5.73 Å². The van der Waals surface area contributed by atoms with Crippen LogP contribution in [0.1, 0.15) is 26.7 Å². The number of nitrogens with two attached hydrogens (primary N) is 1. The number of hydrogen-bond donors (Lipinski definition) is 2. The first-order chi connectivity index (χ1) is 7.32. The van der Waals surface area contributed by atoms with E-state index in [1.54, 1.807) is 6.92 Å². The molecule has 0 rings (SSSR count). The molecule has 1 unspecified atom stereocenters. The third kappa shape index (κ3) is 7.23. The van der Waals surface area contributed by atoms with Crippen LogP contribution in [-0.4, -0.2) is 43.4 Å². The fraction of sp³-hybridized carbons (Fsp3) is 0.818. The first-order valence-corrected chi connectivity index (χ1v) is 5.56. The maximum Gasteiger partial charge on any atom is 0.220 e. The third-order valence-electron chi connectivity index (χ3n) is 2.34. The molecule has 3 N–H and O–H groups in total. The average Bonchev–Trinajstić information content (AvgIpc) is 2.12. The zero-order valence-electron chi connectivity index (χ0n) is 10.6. The topological polar surface area (TPSA) is 75.4 Å². The standard InChI is InChI=1S/C11H23N3O2/c1-8(11(12)16)5-6-10(15)13-9(2)7-14(3)4/h8-9H,5-7H2,1-4H3,(H2,12,16)(H,13,15)/t8?,9-/m0/s1. The Bertz CT molecular complexity index is 241. The average molecular weight is 229 g/mol. The van der Waals surface area contributed by atoms with Crippen molar-refractivity contribution in [3.8, 4) is 0 Å². The van der Waals surface area contributed by atoms with E-state index in [0.717, 1.165) is 6.54 Å². The molecule has 0 spiro atoms. The van der Waals surface area contributed by atoms with Gasteiger partial charge in [0.15, 0.2) is 0 Å². The Morgan fingerprint density at radius 2 is 1.88 bits per heavy atom. The lowest BCUT2D eigenvalue weighted by Gasteiger charge is -2.18. The number of primary amides is 1. The summed E-state index contributed by atoms with van der Waals surface area (Å²) in [6.45, 7) is 4.49. The highest BCUT2D eigenvalue weighted by molar-refractivity contribution is 5.79. The Hall–Kier alpha value is -1.10. The first-order valence-electron chi connectivity index (χ1n) is 5.56. The summed E-state index contributed by atoms with van der Waals surface area (Å²) >= 11 is 0. The quantitative estimate of drug-likeness (QED) is 0.643. The number of carbonyl (C=O) groups excluding carboxylic acids is 2. The summed E-state index contributed by atoms with van der Waals surface area (Å²) in [7, 11) is 3.91. The van der Waals surface area contributed by atoms with E-state index in [9.17, 15) is 9.59 Å². The molecular weight excluding hydrogens is 206 g/mol. The van der Waals surface area contributed by atoms with E-state index in [2.05, 4.69) is 5.32 Å². The SMILES string of the molecule is CC(CCC(=O)N[C@@H](C)CN(C)C)C(N)=O. The van der Waals surface area contributed by atoms with Gasteiger partial charge in [0.25, 0.3) is 0 Å². The molecule has 0 aromatic heterocycles. The highest BCUT2D eigenvalue weighted by atomic mass is 16.2. The van der Waals surface area contributed by atoms with Crippen LogP contribution in [0.4, 0.5) is 0 Å². The molecule has 5 nitrogen and oxygen atoms in total. The van der Waals surface area contributed by atoms with Crippen LogP contribution in [0.2, 0.25) is 0 Å². The maximum absolute atomic E-state index is 11.5. The van der Waals surface area contributed by atoms with E-state index in [1.807, 2.05) is 25.9 Å². The molecule has 5 heteroatoms. The van der Waals surface area contributed by atoms with E-state index in [1.165, 1.54) is 0 Å². The molecule has 0 aromatic carbocycles. The Morgan fingerprint density at radius 3 is 2.31 bits per heavy atom. The summed E-state index contributed by atoms with van der Waals surface area (Å²) in [5, 5.41) is 2.87. The van der Waals surface area contributed by atoms with Crippen LogP contribution in [0, 0.1) is 5.92 Å². The molecule has 0 aliphatic carbocycles. The molecule has 2 atom stereocenters. The molecular formula is C11H23N3O2. The lowest BCUT2D eigenvalue weighted by molar-refractivity contribution is -0.123. The van der Waals surface area contributed by atoms with Crippen LogP contribution in [0.5, 0.6) is 0 Å². The largest absolute Gasteiger partial charge is 0.369 e. The second-order valence-electron chi connectivity index (χ2n) is 4.57. The summed E-state index contributed by atoms with van der Waals surface area (Å²) in [5.74, 6) is -0.619. The van der Waals surface area contributed by atoms with Gasteiger partial charge < -0.3 is 16.0 Å². The molecule has 0 saturated carbocycles. The van der Waals surface area contributed by atoms with Crippen molar-refractivity contribution in [3.63, 3.8) is 0 Å². The highest BCUT2D eigenvalue weighted by Crippen LogP contribution is 2.04. The second-order valence-corrected chi connectivity index (χ2v) is 4.57. The molecule has 0 aromatic rings. The van der Waals surface area contributed by atoms with Gasteiger partial charge >= 0.3 is 0 Å². The van der Waals surface area contributed by atoms with Gasteiger partial charge in [-0.15, -0.1) is 0 Å². The summed E-state index contributed by atoms with van der Waals surface area (Å²) < 4.78 is 0. The Balaban J connectivity index is 3.78. The van der Waals surface area contributed by atoms with Gasteiger partial charge in [-0.1, -0.05) is 6.92 Å². The van der Waals surface area contributed by atoms with Crippen LogP contribution in [0.3, 0.4) is 0 Å². The number of hydrogen-bond acceptors (Lipinski definition) is 3. The van der Waals surface area contributed by atoms with Gasteiger partial charge in [0.1, 0.15) is 0 Å². The zero-order valence-corrected chi connectivity index (χ0v) is 10.6. The van der Waals surface area contributed by atoms with Crippen LogP contribution in [-0.2, 0) is 9.59 Å².